The molecule has 1 saturated carbocycles. The maximum Gasteiger partial charge on any atom is 0.0652 e. The van der Waals surface area contributed by atoms with Crippen LogP contribution in [-0.4, -0.2) is 32.3 Å². The summed E-state index contributed by atoms with van der Waals surface area (Å²) in [5.41, 5.74) is 5.76. The van der Waals surface area contributed by atoms with E-state index in [9.17, 15) is 0 Å². The van der Waals surface area contributed by atoms with E-state index in [2.05, 4.69) is 19.2 Å². The Morgan fingerprint density at radius 3 is 2.50 bits per heavy atom. The highest BCUT2D eigenvalue weighted by Gasteiger charge is 2.47. The number of rotatable bonds is 8. The van der Waals surface area contributed by atoms with Gasteiger partial charge in [0.2, 0.25) is 0 Å². The van der Waals surface area contributed by atoms with Crippen molar-refractivity contribution < 1.29 is 4.74 Å². The Hall–Kier alpha value is -0.120. The van der Waals surface area contributed by atoms with Gasteiger partial charge in [0.25, 0.3) is 0 Å². The maximum atomic E-state index is 5.46. The monoisotopic (exact) mass is 228 g/mol. The average Bonchev–Trinajstić information content (AvgIpc) is 2.26. The van der Waals surface area contributed by atoms with Crippen molar-refractivity contribution in [3.63, 3.8) is 0 Å². The summed E-state index contributed by atoms with van der Waals surface area (Å²) >= 11 is 0. The van der Waals surface area contributed by atoms with Crippen LogP contribution >= 0.6 is 0 Å². The van der Waals surface area contributed by atoms with Crippen molar-refractivity contribution in [2.45, 2.75) is 58.1 Å². The van der Waals surface area contributed by atoms with Crippen LogP contribution in [-0.2, 0) is 4.74 Å². The summed E-state index contributed by atoms with van der Waals surface area (Å²) in [5, 5.41) is 3.64. The van der Waals surface area contributed by atoms with Crippen molar-refractivity contribution >= 4 is 0 Å². The predicted octanol–water partition coefficient (Wildman–Crippen LogP) is 1.91. The molecule has 0 heterocycles. The van der Waals surface area contributed by atoms with E-state index < -0.39 is 0 Å². The highest BCUT2D eigenvalue weighted by Crippen LogP contribution is 2.42. The first-order chi connectivity index (χ1) is 7.62. The number of nitrogens with two attached hydrogens (primary N) is 1. The highest BCUT2D eigenvalue weighted by atomic mass is 16.5. The van der Waals surface area contributed by atoms with E-state index in [4.69, 9.17) is 10.5 Å². The molecule has 3 N–H and O–H groups in total. The van der Waals surface area contributed by atoms with Gasteiger partial charge in [0.1, 0.15) is 0 Å². The van der Waals surface area contributed by atoms with Gasteiger partial charge in [-0.1, -0.05) is 26.7 Å². The summed E-state index contributed by atoms with van der Waals surface area (Å²) in [5.74, 6) is 0. The molecule has 3 heteroatoms. The molecule has 1 aliphatic rings. The van der Waals surface area contributed by atoms with Crippen LogP contribution < -0.4 is 11.1 Å². The van der Waals surface area contributed by atoms with Gasteiger partial charge in [0.05, 0.1) is 6.10 Å². The molecule has 0 amide bonds. The van der Waals surface area contributed by atoms with E-state index in [0.29, 0.717) is 17.6 Å². The molecule has 0 saturated heterocycles. The molecule has 3 nitrogen and oxygen atoms in total. The van der Waals surface area contributed by atoms with Crippen LogP contribution in [0.1, 0.15) is 46.0 Å². The van der Waals surface area contributed by atoms with Crippen LogP contribution in [0.5, 0.6) is 0 Å². The van der Waals surface area contributed by atoms with E-state index in [1.54, 1.807) is 0 Å². The molecule has 2 atom stereocenters. The largest absolute Gasteiger partial charge is 0.381 e. The first-order valence-corrected chi connectivity index (χ1v) is 6.59. The smallest absolute Gasteiger partial charge is 0.0652 e. The van der Waals surface area contributed by atoms with Gasteiger partial charge >= 0.3 is 0 Å². The van der Waals surface area contributed by atoms with Crippen LogP contribution in [0.2, 0.25) is 0 Å². The van der Waals surface area contributed by atoms with E-state index >= 15 is 0 Å². The van der Waals surface area contributed by atoms with Gasteiger partial charge in [0.15, 0.2) is 0 Å². The highest BCUT2D eigenvalue weighted by molar-refractivity contribution is 5.02. The van der Waals surface area contributed by atoms with Crippen molar-refractivity contribution in [2.24, 2.45) is 11.1 Å². The second-order valence-electron chi connectivity index (χ2n) is 5.49. The van der Waals surface area contributed by atoms with Gasteiger partial charge in [0, 0.05) is 18.6 Å². The van der Waals surface area contributed by atoms with Gasteiger partial charge in [-0.2, -0.15) is 0 Å². The van der Waals surface area contributed by atoms with E-state index in [-0.39, 0.29) is 0 Å². The fraction of sp³-hybridized carbons (Fsp3) is 1.00. The second kappa shape index (κ2) is 6.58. The van der Waals surface area contributed by atoms with Crippen LogP contribution in [0.25, 0.3) is 0 Å². The van der Waals surface area contributed by atoms with Gasteiger partial charge in [-0.3, -0.25) is 0 Å². The molecule has 2 unspecified atom stereocenters. The lowest BCUT2D eigenvalue weighted by molar-refractivity contribution is -0.0972. The van der Waals surface area contributed by atoms with Crippen LogP contribution in [0, 0.1) is 5.41 Å². The van der Waals surface area contributed by atoms with Gasteiger partial charge in [-0.15, -0.1) is 0 Å². The Morgan fingerprint density at radius 1 is 1.25 bits per heavy atom. The minimum Gasteiger partial charge on any atom is -0.381 e. The third-order valence-corrected chi connectivity index (χ3v) is 3.98. The summed E-state index contributed by atoms with van der Waals surface area (Å²) in [6, 6.07) is 0.631. The molecule has 96 valence electrons. The van der Waals surface area contributed by atoms with Crippen LogP contribution in [0.4, 0.5) is 0 Å². The van der Waals surface area contributed by atoms with Gasteiger partial charge < -0.3 is 15.8 Å². The lowest BCUT2D eigenvalue weighted by Gasteiger charge is -2.51. The number of ether oxygens (including phenoxy) is 1. The van der Waals surface area contributed by atoms with Gasteiger partial charge in [-0.25, -0.2) is 0 Å². The number of nitrogens with one attached hydrogen (secondary N) is 1. The molecule has 0 aliphatic heterocycles. The minimum absolute atomic E-state index is 0.298. The number of hydrogen-bond acceptors (Lipinski definition) is 3. The summed E-state index contributed by atoms with van der Waals surface area (Å²) < 4.78 is 5.44. The van der Waals surface area contributed by atoms with Crippen molar-refractivity contribution in [3.8, 4) is 0 Å². The lowest BCUT2D eigenvalue weighted by atomic mass is 9.64. The van der Waals surface area contributed by atoms with Crippen molar-refractivity contribution in [1.82, 2.24) is 5.32 Å². The molecule has 1 fully saturated rings. The SMILES string of the molecule is COC1CC(NCCCCCCN)C1(C)C. The Kier molecular flexibility index (Phi) is 5.73. The fourth-order valence-corrected chi connectivity index (χ4v) is 2.53. The Bertz CT molecular complexity index is 194. The fourth-order valence-electron chi connectivity index (χ4n) is 2.53. The molecule has 0 aromatic carbocycles. The molecule has 0 aromatic heterocycles. The zero-order valence-electron chi connectivity index (χ0n) is 11.1. The third-order valence-electron chi connectivity index (χ3n) is 3.98. The quantitative estimate of drug-likeness (QED) is 0.624. The summed E-state index contributed by atoms with van der Waals surface area (Å²) in [7, 11) is 1.81. The molecule has 1 aliphatic carbocycles. The standard InChI is InChI=1S/C13H28N2O/c1-13(2)11(10-12(13)16-3)15-9-7-5-4-6-8-14/h11-12,15H,4-10,14H2,1-3H3. The zero-order valence-corrected chi connectivity index (χ0v) is 11.1. The predicted molar refractivity (Wildman–Crippen MR) is 68.5 cm³/mol. The van der Waals surface area contributed by atoms with Crippen LogP contribution in [0.15, 0.2) is 0 Å². The van der Waals surface area contributed by atoms with E-state index in [1.165, 1.54) is 25.7 Å². The molecule has 0 aromatic rings. The average molecular weight is 228 g/mol. The molecule has 0 bridgehead atoms. The van der Waals surface area contributed by atoms with Crippen LogP contribution in [0.3, 0.4) is 0 Å². The topological polar surface area (TPSA) is 47.3 Å². The second-order valence-corrected chi connectivity index (χ2v) is 5.49. The maximum absolute atomic E-state index is 5.46. The normalized spacial score (nSPS) is 27.8. The van der Waals surface area contributed by atoms with Gasteiger partial charge in [-0.05, 0) is 32.4 Å². The summed E-state index contributed by atoms with van der Waals surface area (Å²) in [4.78, 5) is 0. The number of hydrogen-bond donors (Lipinski definition) is 2. The van der Waals surface area contributed by atoms with Crippen molar-refractivity contribution in [2.75, 3.05) is 20.2 Å². The molecule has 0 radical (unpaired) electrons. The number of methoxy groups -OCH3 is 1. The summed E-state index contributed by atoms with van der Waals surface area (Å²) in [6.45, 7) is 6.54. The first kappa shape index (κ1) is 13.9. The Morgan fingerprint density at radius 2 is 1.94 bits per heavy atom. The minimum atomic E-state index is 0.298. The molecule has 0 spiro atoms. The Labute approximate surface area is 100 Å². The first-order valence-electron chi connectivity index (χ1n) is 6.59. The summed E-state index contributed by atoms with van der Waals surface area (Å²) in [6.07, 6.45) is 6.59. The molecule has 1 rings (SSSR count). The molecular weight excluding hydrogens is 200 g/mol. The lowest BCUT2D eigenvalue weighted by Crippen LogP contribution is -2.60. The Balaban J connectivity index is 2.03. The molecular formula is C13H28N2O. The van der Waals surface area contributed by atoms with Crippen molar-refractivity contribution in [1.29, 1.82) is 0 Å². The third kappa shape index (κ3) is 3.44. The number of unbranched alkanes of at least 4 members (excludes halogenated alkanes) is 3. The zero-order chi connectivity index (χ0) is 12.0. The van der Waals surface area contributed by atoms with E-state index in [1.807, 2.05) is 7.11 Å². The molecule has 16 heavy (non-hydrogen) atoms. The van der Waals surface area contributed by atoms with E-state index in [0.717, 1.165) is 19.5 Å². The van der Waals surface area contributed by atoms with Crippen molar-refractivity contribution in [3.05, 3.63) is 0 Å².